The first kappa shape index (κ1) is 22.1. The predicted molar refractivity (Wildman–Crippen MR) is 109 cm³/mol. The number of halogens is 1. The molecule has 0 bridgehead atoms. The van der Waals surface area contributed by atoms with Crippen LogP contribution < -0.4 is 14.8 Å². The minimum absolute atomic E-state index is 0.161. The van der Waals surface area contributed by atoms with Crippen LogP contribution in [0.1, 0.15) is 45.1 Å². The van der Waals surface area contributed by atoms with E-state index in [1.807, 2.05) is 6.92 Å². The number of ether oxygens (including phenoxy) is 3. The summed E-state index contributed by atoms with van der Waals surface area (Å²) < 4.78 is 15.8. The molecule has 1 aromatic carbocycles. The van der Waals surface area contributed by atoms with Crippen LogP contribution in [0.25, 0.3) is 6.08 Å². The van der Waals surface area contributed by atoms with Crippen molar-refractivity contribution in [3.8, 4) is 11.5 Å². The van der Waals surface area contributed by atoms with E-state index in [1.165, 1.54) is 19.6 Å². The summed E-state index contributed by atoms with van der Waals surface area (Å²) in [4.78, 5) is 23.9. The lowest BCUT2D eigenvalue weighted by atomic mass is 9.86. The zero-order chi connectivity index (χ0) is 20.5. The topological polar surface area (TPSA) is 73.9 Å². The van der Waals surface area contributed by atoms with Gasteiger partial charge in [0.2, 0.25) is 0 Å². The van der Waals surface area contributed by atoms with Gasteiger partial charge in [0.15, 0.2) is 18.1 Å². The molecule has 1 saturated carbocycles. The lowest BCUT2D eigenvalue weighted by Crippen LogP contribution is -2.42. The molecule has 0 saturated heterocycles. The minimum Gasteiger partial charge on any atom is -0.491 e. The highest BCUT2D eigenvalue weighted by atomic mass is 35.5. The highest BCUT2D eigenvalue weighted by molar-refractivity contribution is 6.32. The van der Waals surface area contributed by atoms with E-state index in [2.05, 4.69) is 12.2 Å². The lowest BCUT2D eigenvalue weighted by molar-refractivity contribution is -0.144. The molecule has 154 valence electrons. The van der Waals surface area contributed by atoms with E-state index in [4.69, 9.17) is 25.8 Å². The molecule has 1 amide bonds. The van der Waals surface area contributed by atoms with Crippen molar-refractivity contribution in [1.82, 2.24) is 5.32 Å². The molecular formula is C21H28ClNO5. The average Bonchev–Trinajstić information content (AvgIpc) is 2.67. The standard InChI is InChI=1S/C21H28ClNO5/c1-4-27-18-12-15(11-16(22)21(18)26-3)9-10-20(25)28-13-19(24)23-17-8-6-5-7-14(17)2/h9-12,14,17H,4-8,13H2,1-3H3,(H,23,24)/b10-9+/t14-,17+/m0/s1. The summed E-state index contributed by atoms with van der Waals surface area (Å²) in [7, 11) is 1.51. The number of methoxy groups -OCH3 is 1. The number of hydrogen-bond acceptors (Lipinski definition) is 5. The number of hydrogen-bond donors (Lipinski definition) is 1. The number of nitrogens with one attached hydrogen (secondary N) is 1. The molecule has 0 radical (unpaired) electrons. The third-order valence-corrected chi connectivity index (χ3v) is 5.03. The first-order valence-corrected chi connectivity index (χ1v) is 9.97. The Hall–Kier alpha value is -2.21. The van der Waals surface area contributed by atoms with Crippen molar-refractivity contribution in [1.29, 1.82) is 0 Å². The molecular weight excluding hydrogens is 382 g/mol. The summed E-state index contributed by atoms with van der Waals surface area (Å²) in [5, 5.41) is 3.33. The van der Waals surface area contributed by atoms with Crippen LogP contribution in [-0.4, -0.2) is 38.2 Å². The van der Waals surface area contributed by atoms with Gasteiger partial charge in [0.1, 0.15) is 0 Å². The van der Waals surface area contributed by atoms with E-state index in [9.17, 15) is 9.59 Å². The molecule has 0 spiro atoms. The second-order valence-corrected chi connectivity index (χ2v) is 7.25. The second kappa shape index (κ2) is 11.0. The largest absolute Gasteiger partial charge is 0.491 e. The summed E-state index contributed by atoms with van der Waals surface area (Å²) in [5.74, 6) is 0.513. The van der Waals surface area contributed by atoms with Crippen molar-refractivity contribution in [3.63, 3.8) is 0 Å². The number of esters is 1. The zero-order valence-corrected chi connectivity index (χ0v) is 17.4. The van der Waals surface area contributed by atoms with Crippen LogP contribution in [0.15, 0.2) is 18.2 Å². The maximum atomic E-state index is 12.0. The maximum Gasteiger partial charge on any atom is 0.331 e. The number of amides is 1. The van der Waals surface area contributed by atoms with Gasteiger partial charge in [0, 0.05) is 12.1 Å². The minimum atomic E-state index is -0.600. The third kappa shape index (κ3) is 6.44. The fourth-order valence-electron chi connectivity index (χ4n) is 3.27. The second-order valence-electron chi connectivity index (χ2n) is 6.84. The van der Waals surface area contributed by atoms with Crippen molar-refractivity contribution in [3.05, 3.63) is 28.8 Å². The van der Waals surface area contributed by atoms with Gasteiger partial charge in [-0.1, -0.05) is 31.4 Å². The highest BCUT2D eigenvalue weighted by Crippen LogP contribution is 2.36. The molecule has 7 heteroatoms. The van der Waals surface area contributed by atoms with Gasteiger partial charge < -0.3 is 19.5 Å². The Labute approximate surface area is 171 Å². The van der Waals surface area contributed by atoms with Crippen LogP contribution in [0.5, 0.6) is 11.5 Å². The molecule has 1 aliphatic carbocycles. The molecule has 0 aromatic heterocycles. The molecule has 0 aliphatic heterocycles. The van der Waals surface area contributed by atoms with Gasteiger partial charge in [-0.3, -0.25) is 4.79 Å². The predicted octanol–water partition coefficient (Wildman–Crippen LogP) is 4.00. The molecule has 0 unspecified atom stereocenters. The van der Waals surface area contributed by atoms with Crippen LogP contribution in [-0.2, 0) is 14.3 Å². The SMILES string of the molecule is CCOc1cc(/C=C/C(=O)OCC(=O)N[C@@H]2CCCC[C@@H]2C)cc(Cl)c1OC. The summed E-state index contributed by atoms with van der Waals surface area (Å²) in [5.41, 5.74) is 0.659. The summed E-state index contributed by atoms with van der Waals surface area (Å²) in [6, 6.07) is 3.54. The van der Waals surface area contributed by atoms with E-state index in [0.717, 1.165) is 19.3 Å². The maximum absolute atomic E-state index is 12.0. The van der Waals surface area contributed by atoms with Gasteiger partial charge in [0.05, 0.1) is 18.7 Å². The number of benzene rings is 1. The summed E-state index contributed by atoms with van der Waals surface area (Å²) >= 11 is 6.18. The summed E-state index contributed by atoms with van der Waals surface area (Å²) in [6.45, 7) is 4.15. The van der Waals surface area contributed by atoms with Crippen LogP contribution in [0.3, 0.4) is 0 Å². The van der Waals surface area contributed by atoms with Crippen LogP contribution in [0.4, 0.5) is 0 Å². The molecule has 6 nitrogen and oxygen atoms in total. The Balaban J connectivity index is 1.88. The van der Waals surface area contributed by atoms with Crippen molar-refractivity contribution >= 4 is 29.6 Å². The van der Waals surface area contributed by atoms with Crippen molar-refractivity contribution < 1.29 is 23.8 Å². The van der Waals surface area contributed by atoms with E-state index >= 15 is 0 Å². The van der Waals surface area contributed by atoms with Crippen molar-refractivity contribution in [2.75, 3.05) is 20.3 Å². The monoisotopic (exact) mass is 409 g/mol. The fraction of sp³-hybridized carbons (Fsp3) is 0.524. The van der Waals surface area contributed by atoms with E-state index in [0.29, 0.717) is 34.6 Å². The Morgan fingerprint density at radius 1 is 1.29 bits per heavy atom. The molecule has 28 heavy (non-hydrogen) atoms. The number of carbonyl (C=O) groups is 2. The Morgan fingerprint density at radius 3 is 2.71 bits per heavy atom. The van der Waals surface area contributed by atoms with E-state index < -0.39 is 5.97 Å². The van der Waals surface area contributed by atoms with Crippen molar-refractivity contribution in [2.45, 2.75) is 45.6 Å². The average molecular weight is 410 g/mol. The zero-order valence-electron chi connectivity index (χ0n) is 16.6. The highest BCUT2D eigenvalue weighted by Gasteiger charge is 2.23. The van der Waals surface area contributed by atoms with Crippen LogP contribution >= 0.6 is 11.6 Å². The quantitative estimate of drug-likeness (QED) is 0.519. The van der Waals surface area contributed by atoms with Crippen molar-refractivity contribution in [2.24, 2.45) is 5.92 Å². The first-order valence-electron chi connectivity index (χ1n) is 9.59. The Morgan fingerprint density at radius 2 is 2.04 bits per heavy atom. The Kier molecular flexibility index (Phi) is 8.64. The van der Waals surface area contributed by atoms with Gasteiger partial charge in [-0.05, 0) is 49.5 Å². The molecule has 1 fully saturated rings. The summed E-state index contributed by atoms with van der Waals surface area (Å²) in [6.07, 6.45) is 7.21. The van der Waals surface area contributed by atoms with Gasteiger partial charge in [0.25, 0.3) is 5.91 Å². The van der Waals surface area contributed by atoms with Crippen LogP contribution in [0.2, 0.25) is 5.02 Å². The van der Waals surface area contributed by atoms with E-state index in [-0.39, 0.29) is 18.6 Å². The van der Waals surface area contributed by atoms with E-state index in [1.54, 1.807) is 18.2 Å². The fourth-order valence-corrected chi connectivity index (χ4v) is 3.57. The first-order chi connectivity index (χ1) is 13.4. The molecule has 0 heterocycles. The number of rotatable bonds is 8. The normalized spacial score (nSPS) is 19.3. The molecule has 2 atom stereocenters. The van der Waals surface area contributed by atoms with Gasteiger partial charge >= 0.3 is 5.97 Å². The third-order valence-electron chi connectivity index (χ3n) is 4.75. The van der Waals surface area contributed by atoms with Gasteiger partial charge in [-0.25, -0.2) is 4.79 Å². The molecule has 2 rings (SSSR count). The molecule has 1 aromatic rings. The van der Waals surface area contributed by atoms with Gasteiger partial charge in [-0.15, -0.1) is 0 Å². The Bertz CT molecular complexity index is 719. The molecule has 1 N–H and O–H groups in total. The number of carbonyl (C=O) groups excluding carboxylic acids is 2. The van der Waals surface area contributed by atoms with Gasteiger partial charge in [-0.2, -0.15) is 0 Å². The lowest BCUT2D eigenvalue weighted by Gasteiger charge is -2.29. The van der Waals surface area contributed by atoms with Crippen LogP contribution in [0, 0.1) is 5.92 Å². The molecule has 1 aliphatic rings. The smallest absolute Gasteiger partial charge is 0.331 e.